The van der Waals surface area contributed by atoms with Gasteiger partial charge in [-0.15, -0.1) is 4.68 Å². The maximum Gasteiger partial charge on any atom is 0.195 e. The second-order valence-corrected chi connectivity index (χ2v) is 6.42. The van der Waals surface area contributed by atoms with Crippen molar-refractivity contribution in [3.05, 3.63) is 48.7 Å². The Morgan fingerprint density at radius 1 is 1.05 bits per heavy atom. The highest BCUT2D eigenvalue weighted by Gasteiger charge is 2.18. The second-order valence-electron chi connectivity index (χ2n) is 6.42. The van der Waals surface area contributed by atoms with Crippen LogP contribution >= 0.6 is 0 Å². The number of hydrogen-bond acceptors (Lipinski definition) is 3. The van der Waals surface area contributed by atoms with Gasteiger partial charge in [0.25, 0.3) is 0 Å². The molecule has 0 fully saturated rings. The molecule has 0 spiro atoms. The van der Waals surface area contributed by atoms with Crippen molar-refractivity contribution in [1.82, 2.24) is 20.1 Å². The van der Waals surface area contributed by atoms with Gasteiger partial charge in [-0.1, -0.05) is 39.0 Å². The van der Waals surface area contributed by atoms with Gasteiger partial charge in [-0.3, -0.25) is 0 Å². The summed E-state index contributed by atoms with van der Waals surface area (Å²) in [4.78, 5) is 13.2. The van der Waals surface area contributed by atoms with Crippen molar-refractivity contribution in [2.24, 2.45) is 7.05 Å². The molecule has 0 aliphatic heterocycles. The molecule has 0 saturated heterocycles. The summed E-state index contributed by atoms with van der Waals surface area (Å²) in [6.45, 7) is 6.30. The van der Waals surface area contributed by atoms with Crippen molar-refractivity contribution in [1.29, 1.82) is 0 Å². The van der Waals surface area contributed by atoms with Gasteiger partial charge in [0, 0.05) is 22.6 Å². The number of nitrogens with zero attached hydrogens (tertiary/aromatic N) is 4. The minimum Gasteiger partial charge on any atom is -0.221 e. The van der Waals surface area contributed by atoms with E-state index in [9.17, 15) is 0 Å². The zero-order chi connectivity index (χ0) is 15.7. The number of nitrogens with one attached hydrogen (secondary N) is 1. The molecule has 0 aliphatic carbocycles. The highest BCUT2D eigenvalue weighted by Crippen LogP contribution is 2.24. The third kappa shape index (κ3) is 2.88. The first-order chi connectivity index (χ1) is 10.4. The van der Waals surface area contributed by atoms with Crippen LogP contribution in [0.2, 0.25) is 0 Å². The average molecular weight is 294 g/mol. The van der Waals surface area contributed by atoms with Crippen LogP contribution in [0.3, 0.4) is 0 Å². The van der Waals surface area contributed by atoms with Crippen LogP contribution in [-0.2, 0) is 12.5 Å². The van der Waals surface area contributed by atoms with E-state index in [0.29, 0.717) is 5.82 Å². The predicted octanol–water partition coefficient (Wildman–Crippen LogP) is 2.66. The summed E-state index contributed by atoms with van der Waals surface area (Å²) in [7, 11) is 1.97. The third-order valence-electron chi connectivity index (χ3n) is 3.44. The van der Waals surface area contributed by atoms with Gasteiger partial charge in [-0.2, -0.15) is 5.10 Å². The first-order valence-electron chi connectivity index (χ1n) is 7.28. The molecular weight excluding hydrogens is 274 g/mol. The number of rotatable bonds is 2. The summed E-state index contributed by atoms with van der Waals surface area (Å²) in [5.74, 6) is 1.51. The van der Waals surface area contributed by atoms with E-state index in [-0.39, 0.29) is 5.41 Å². The molecular formula is C17H20N5+. The Kier molecular flexibility index (Phi) is 3.48. The summed E-state index contributed by atoms with van der Waals surface area (Å²) >= 11 is 0. The minimum absolute atomic E-state index is 0.0947. The van der Waals surface area contributed by atoms with Crippen LogP contribution in [0, 0.1) is 0 Å². The van der Waals surface area contributed by atoms with E-state index >= 15 is 0 Å². The van der Waals surface area contributed by atoms with Gasteiger partial charge in [0.05, 0.1) is 0 Å². The SMILES string of the molecule is C[n+]1ccc(-c2cccc(-c3ncnc(C(C)(C)C)n3)c2)[nH]1. The minimum atomic E-state index is -0.0947. The number of H-pyrrole nitrogens is 1. The fourth-order valence-electron chi connectivity index (χ4n) is 2.23. The van der Waals surface area contributed by atoms with Crippen molar-refractivity contribution in [2.75, 3.05) is 0 Å². The average Bonchev–Trinajstić information content (AvgIpc) is 2.93. The van der Waals surface area contributed by atoms with Gasteiger partial charge in [-0.25, -0.2) is 15.0 Å². The van der Waals surface area contributed by atoms with Crippen molar-refractivity contribution >= 4 is 0 Å². The van der Waals surface area contributed by atoms with E-state index in [1.54, 1.807) is 6.33 Å². The Labute approximate surface area is 130 Å². The topological polar surface area (TPSA) is 58.3 Å². The lowest BCUT2D eigenvalue weighted by molar-refractivity contribution is -0.726. The molecule has 0 saturated carbocycles. The standard InChI is InChI=1S/C17H19N5/c1-17(2,3)16-19-11-18-15(20-16)13-7-5-6-12(10-13)14-8-9-22(4)21-14/h5-11H,1-4H3/p+1. The Hall–Kier alpha value is -2.56. The van der Waals surface area contributed by atoms with Crippen LogP contribution in [0.25, 0.3) is 22.6 Å². The molecule has 0 unspecified atom stereocenters. The van der Waals surface area contributed by atoms with Crippen molar-refractivity contribution < 1.29 is 4.68 Å². The molecule has 5 heteroatoms. The molecule has 3 rings (SSSR count). The Morgan fingerprint density at radius 2 is 1.82 bits per heavy atom. The normalized spacial score (nSPS) is 11.6. The van der Waals surface area contributed by atoms with Gasteiger partial charge >= 0.3 is 0 Å². The monoisotopic (exact) mass is 294 g/mol. The maximum absolute atomic E-state index is 4.62. The predicted molar refractivity (Wildman–Crippen MR) is 84.9 cm³/mol. The van der Waals surface area contributed by atoms with Crippen molar-refractivity contribution in [3.8, 4) is 22.6 Å². The highest BCUT2D eigenvalue weighted by atomic mass is 15.2. The molecule has 3 aromatic rings. The lowest BCUT2D eigenvalue weighted by atomic mass is 9.96. The molecule has 0 radical (unpaired) electrons. The Balaban J connectivity index is 2.03. The van der Waals surface area contributed by atoms with E-state index in [2.05, 4.69) is 53.0 Å². The van der Waals surface area contributed by atoms with Crippen LogP contribution in [0.5, 0.6) is 0 Å². The molecule has 0 aliphatic rings. The zero-order valence-corrected chi connectivity index (χ0v) is 13.3. The van der Waals surface area contributed by atoms with Gasteiger partial charge in [0.2, 0.25) is 0 Å². The van der Waals surface area contributed by atoms with Gasteiger partial charge in [-0.05, 0) is 6.07 Å². The van der Waals surface area contributed by atoms with Gasteiger partial charge < -0.3 is 0 Å². The highest BCUT2D eigenvalue weighted by molar-refractivity contribution is 5.67. The molecule has 112 valence electrons. The molecule has 2 heterocycles. The molecule has 2 aromatic heterocycles. The molecule has 5 nitrogen and oxygen atoms in total. The summed E-state index contributed by atoms with van der Waals surface area (Å²) in [6, 6.07) is 10.3. The first-order valence-corrected chi connectivity index (χ1v) is 7.28. The summed E-state index contributed by atoms with van der Waals surface area (Å²) in [5, 5.41) is 3.27. The summed E-state index contributed by atoms with van der Waals surface area (Å²) in [5.41, 5.74) is 3.07. The van der Waals surface area contributed by atoms with Gasteiger partial charge in [0.15, 0.2) is 19.1 Å². The molecule has 1 aromatic carbocycles. The lowest BCUT2D eigenvalue weighted by Gasteiger charge is -2.16. The van der Waals surface area contributed by atoms with Gasteiger partial charge in [0.1, 0.15) is 17.8 Å². The molecule has 22 heavy (non-hydrogen) atoms. The number of hydrogen-bond donors (Lipinski definition) is 1. The fourth-order valence-corrected chi connectivity index (χ4v) is 2.23. The molecule has 1 N–H and O–H groups in total. The zero-order valence-electron chi connectivity index (χ0n) is 13.3. The first kappa shape index (κ1) is 14.4. The number of aromatic amines is 1. The largest absolute Gasteiger partial charge is 0.221 e. The maximum atomic E-state index is 4.62. The van der Waals surface area contributed by atoms with E-state index < -0.39 is 0 Å². The van der Waals surface area contributed by atoms with Crippen LogP contribution in [0.1, 0.15) is 26.6 Å². The fraction of sp³-hybridized carbons (Fsp3) is 0.294. The Bertz CT molecular complexity index is 799. The number of benzene rings is 1. The smallest absolute Gasteiger partial charge is 0.195 e. The van der Waals surface area contributed by atoms with Crippen molar-refractivity contribution in [3.63, 3.8) is 0 Å². The quantitative estimate of drug-likeness (QED) is 0.739. The molecule has 0 amide bonds. The lowest BCUT2D eigenvalue weighted by Crippen LogP contribution is -2.28. The number of aromatic nitrogens is 5. The number of aryl methyl sites for hydroxylation is 1. The Morgan fingerprint density at radius 3 is 2.50 bits per heavy atom. The van der Waals surface area contributed by atoms with Crippen LogP contribution in [0.4, 0.5) is 0 Å². The molecule has 0 atom stereocenters. The van der Waals surface area contributed by atoms with E-state index in [1.807, 2.05) is 36.1 Å². The van der Waals surface area contributed by atoms with E-state index in [0.717, 1.165) is 22.6 Å². The van der Waals surface area contributed by atoms with E-state index in [1.165, 1.54) is 0 Å². The third-order valence-corrected chi connectivity index (χ3v) is 3.44. The van der Waals surface area contributed by atoms with Crippen molar-refractivity contribution in [2.45, 2.75) is 26.2 Å². The summed E-state index contributed by atoms with van der Waals surface area (Å²) in [6.07, 6.45) is 3.58. The molecule has 0 bridgehead atoms. The van der Waals surface area contributed by atoms with Crippen LogP contribution in [0.15, 0.2) is 42.9 Å². The summed E-state index contributed by atoms with van der Waals surface area (Å²) < 4.78 is 1.92. The van der Waals surface area contributed by atoms with Crippen LogP contribution in [-0.4, -0.2) is 20.1 Å². The van der Waals surface area contributed by atoms with Crippen LogP contribution < -0.4 is 4.68 Å². The van der Waals surface area contributed by atoms with E-state index in [4.69, 9.17) is 0 Å². The second kappa shape index (κ2) is 5.33.